The smallest absolute Gasteiger partial charge is 0.250 e. The summed E-state index contributed by atoms with van der Waals surface area (Å²) >= 11 is 0. The SMILES string of the molecule is CC1CCC(N2CC3CC(C2)c2cccc(=O)n2C3)CC1. The molecule has 2 fully saturated rings. The summed E-state index contributed by atoms with van der Waals surface area (Å²) in [5.74, 6) is 2.17. The number of pyridine rings is 1. The van der Waals surface area contributed by atoms with Crippen molar-refractivity contribution in [1.29, 1.82) is 0 Å². The van der Waals surface area contributed by atoms with E-state index in [4.69, 9.17) is 0 Å². The minimum absolute atomic E-state index is 0.196. The van der Waals surface area contributed by atoms with Gasteiger partial charge in [-0.1, -0.05) is 13.0 Å². The van der Waals surface area contributed by atoms with Crippen LogP contribution in [0.25, 0.3) is 0 Å². The maximum absolute atomic E-state index is 12.1. The number of piperidine rings is 1. The summed E-state index contributed by atoms with van der Waals surface area (Å²) in [7, 11) is 0. The van der Waals surface area contributed by atoms with Gasteiger partial charge in [0.15, 0.2) is 0 Å². The van der Waals surface area contributed by atoms with E-state index in [9.17, 15) is 4.79 Å². The molecule has 114 valence electrons. The predicted molar refractivity (Wildman–Crippen MR) is 84.5 cm³/mol. The molecular formula is C18H26N2O. The van der Waals surface area contributed by atoms with E-state index >= 15 is 0 Å². The van der Waals surface area contributed by atoms with Crippen LogP contribution >= 0.6 is 0 Å². The zero-order valence-electron chi connectivity index (χ0n) is 13.0. The summed E-state index contributed by atoms with van der Waals surface area (Å²) in [5.41, 5.74) is 1.48. The second-order valence-electron chi connectivity index (χ2n) is 7.57. The van der Waals surface area contributed by atoms with E-state index < -0.39 is 0 Å². The number of rotatable bonds is 1. The van der Waals surface area contributed by atoms with Crippen molar-refractivity contribution < 1.29 is 0 Å². The lowest BCUT2D eigenvalue weighted by Crippen LogP contribution is -2.51. The quantitative estimate of drug-likeness (QED) is 0.793. The third kappa shape index (κ3) is 2.46. The fraction of sp³-hybridized carbons (Fsp3) is 0.722. The molecule has 1 aromatic rings. The molecule has 3 nitrogen and oxygen atoms in total. The van der Waals surface area contributed by atoms with Gasteiger partial charge in [0.05, 0.1) is 0 Å². The molecular weight excluding hydrogens is 260 g/mol. The fourth-order valence-corrected chi connectivity index (χ4v) is 4.84. The fourth-order valence-electron chi connectivity index (χ4n) is 4.84. The van der Waals surface area contributed by atoms with Crippen molar-refractivity contribution in [2.45, 2.75) is 57.5 Å². The summed E-state index contributed by atoms with van der Waals surface area (Å²) in [6.45, 7) is 5.70. The molecule has 0 aromatic carbocycles. The topological polar surface area (TPSA) is 25.2 Å². The molecule has 2 bridgehead atoms. The van der Waals surface area contributed by atoms with E-state index in [-0.39, 0.29) is 5.56 Å². The Morgan fingerprint density at radius 2 is 1.86 bits per heavy atom. The molecule has 1 aromatic heterocycles. The van der Waals surface area contributed by atoms with Crippen molar-refractivity contribution in [2.75, 3.05) is 13.1 Å². The Morgan fingerprint density at radius 1 is 1.05 bits per heavy atom. The van der Waals surface area contributed by atoms with E-state index in [2.05, 4.69) is 17.9 Å². The number of aromatic nitrogens is 1. The van der Waals surface area contributed by atoms with Gasteiger partial charge in [0.2, 0.25) is 0 Å². The molecule has 2 atom stereocenters. The largest absolute Gasteiger partial charge is 0.312 e. The lowest BCUT2D eigenvalue weighted by molar-refractivity contribution is 0.0583. The highest BCUT2D eigenvalue weighted by molar-refractivity contribution is 5.17. The lowest BCUT2D eigenvalue weighted by atomic mass is 9.80. The van der Waals surface area contributed by atoms with Crippen LogP contribution in [0.5, 0.6) is 0 Å². The van der Waals surface area contributed by atoms with Gasteiger partial charge < -0.3 is 4.57 Å². The Morgan fingerprint density at radius 3 is 2.67 bits per heavy atom. The monoisotopic (exact) mass is 286 g/mol. The van der Waals surface area contributed by atoms with Gasteiger partial charge in [-0.2, -0.15) is 0 Å². The van der Waals surface area contributed by atoms with Crippen molar-refractivity contribution in [3.05, 3.63) is 34.2 Å². The zero-order valence-corrected chi connectivity index (χ0v) is 13.0. The number of nitrogens with zero attached hydrogens (tertiary/aromatic N) is 2. The van der Waals surface area contributed by atoms with Gasteiger partial charge in [0, 0.05) is 43.4 Å². The van der Waals surface area contributed by atoms with Gasteiger partial charge in [0.25, 0.3) is 5.56 Å². The molecule has 3 heteroatoms. The van der Waals surface area contributed by atoms with E-state index in [1.54, 1.807) is 6.07 Å². The van der Waals surface area contributed by atoms with Gasteiger partial charge in [0.1, 0.15) is 0 Å². The maximum atomic E-state index is 12.1. The van der Waals surface area contributed by atoms with E-state index in [1.807, 2.05) is 10.6 Å². The van der Waals surface area contributed by atoms with Crippen LogP contribution in [0.15, 0.2) is 23.0 Å². The standard InChI is InChI=1S/C18H26N2O/c1-13-5-7-16(8-6-13)19-10-14-9-15(12-19)17-3-2-4-18(21)20(17)11-14/h2-4,13-16H,5-12H2,1H3. The summed E-state index contributed by atoms with van der Waals surface area (Å²) in [6, 6.07) is 6.63. The predicted octanol–water partition coefficient (Wildman–Crippen LogP) is 2.85. The van der Waals surface area contributed by atoms with Crippen LogP contribution in [0.3, 0.4) is 0 Å². The zero-order chi connectivity index (χ0) is 14.4. The average Bonchev–Trinajstić information content (AvgIpc) is 2.49. The van der Waals surface area contributed by atoms with Crippen LogP contribution in [0.1, 0.15) is 50.6 Å². The van der Waals surface area contributed by atoms with Gasteiger partial charge in [-0.3, -0.25) is 9.69 Å². The number of fused-ring (bicyclic) bond motifs is 4. The Balaban J connectivity index is 1.55. The first-order chi connectivity index (χ1) is 10.2. The molecule has 21 heavy (non-hydrogen) atoms. The van der Waals surface area contributed by atoms with E-state index in [0.29, 0.717) is 11.8 Å². The average molecular weight is 286 g/mol. The van der Waals surface area contributed by atoms with Crippen molar-refractivity contribution in [1.82, 2.24) is 9.47 Å². The minimum atomic E-state index is 0.196. The third-order valence-electron chi connectivity index (χ3n) is 6.01. The molecule has 1 saturated carbocycles. The van der Waals surface area contributed by atoms with Crippen LogP contribution in [-0.4, -0.2) is 28.6 Å². The second-order valence-corrected chi connectivity index (χ2v) is 7.57. The van der Waals surface area contributed by atoms with Gasteiger partial charge in [-0.25, -0.2) is 0 Å². The van der Waals surface area contributed by atoms with Crippen LogP contribution in [0.2, 0.25) is 0 Å². The first-order valence-corrected chi connectivity index (χ1v) is 8.64. The molecule has 3 aliphatic rings. The Kier molecular flexibility index (Phi) is 3.41. The molecule has 0 N–H and O–H groups in total. The number of likely N-dealkylation sites (tertiary alicyclic amines) is 1. The van der Waals surface area contributed by atoms with Crippen molar-refractivity contribution in [3.63, 3.8) is 0 Å². The van der Waals surface area contributed by atoms with Crippen molar-refractivity contribution in [3.8, 4) is 0 Å². The molecule has 0 radical (unpaired) electrons. The van der Waals surface area contributed by atoms with Crippen molar-refractivity contribution >= 4 is 0 Å². The highest BCUT2D eigenvalue weighted by Crippen LogP contribution is 2.38. The Bertz CT molecular complexity index is 571. The minimum Gasteiger partial charge on any atom is -0.312 e. The molecule has 1 saturated heterocycles. The number of hydrogen-bond acceptors (Lipinski definition) is 2. The highest BCUT2D eigenvalue weighted by atomic mass is 16.1. The van der Waals surface area contributed by atoms with E-state index in [1.165, 1.54) is 50.9 Å². The summed E-state index contributed by atoms with van der Waals surface area (Å²) in [5, 5.41) is 0. The first-order valence-electron chi connectivity index (χ1n) is 8.64. The molecule has 2 aliphatic heterocycles. The first kappa shape index (κ1) is 13.6. The lowest BCUT2D eigenvalue weighted by Gasteiger charge is -2.47. The van der Waals surface area contributed by atoms with Crippen LogP contribution in [0, 0.1) is 11.8 Å². The van der Waals surface area contributed by atoms with Crippen molar-refractivity contribution in [2.24, 2.45) is 11.8 Å². The maximum Gasteiger partial charge on any atom is 0.250 e. The normalized spacial score (nSPS) is 36.2. The molecule has 0 spiro atoms. The third-order valence-corrected chi connectivity index (χ3v) is 6.01. The number of hydrogen-bond donors (Lipinski definition) is 0. The second kappa shape index (κ2) is 5.28. The highest BCUT2D eigenvalue weighted by Gasteiger charge is 2.37. The van der Waals surface area contributed by atoms with E-state index in [0.717, 1.165) is 18.5 Å². The summed E-state index contributed by atoms with van der Waals surface area (Å²) in [4.78, 5) is 14.8. The van der Waals surface area contributed by atoms with Crippen LogP contribution in [0.4, 0.5) is 0 Å². The van der Waals surface area contributed by atoms with Gasteiger partial charge in [-0.15, -0.1) is 0 Å². The Hall–Kier alpha value is -1.09. The molecule has 1 aliphatic carbocycles. The van der Waals surface area contributed by atoms with Crippen LogP contribution in [-0.2, 0) is 6.54 Å². The Labute approximate surface area is 127 Å². The molecule has 4 rings (SSSR count). The van der Waals surface area contributed by atoms with Gasteiger partial charge in [-0.05, 0) is 50.0 Å². The summed E-state index contributed by atoms with van der Waals surface area (Å²) < 4.78 is 2.04. The molecule has 2 unspecified atom stereocenters. The van der Waals surface area contributed by atoms with Crippen LogP contribution < -0.4 is 5.56 Å². The molecule has 0 amide bonds. The summed E-state index contributed by atoms with van der Waals surface area (Å²) in [6.07, 6.45) is 6.83. The molecule has 3 heterocycles. The van der Waals surface area contributed by atoms with Gasteiger partial charge >= 0.3 is 0 Å².